The van der Waals surface area contributed by atoms with Crippen LogP contribution in [0.5, 0.6) is 0 Å². The van der Waals surface area contributed by atoms with Crippen molar-refractivity contribution >= 4 is 52.5 Å². The second-order valence-electron chi connectivity index (χ2n) is 5.61. The van der Waals surface area contributed by atoms with Crippen LogP contribution in [0, 0.1) is 5.82 Å². The molecule has 1 amide bonds. The molecule has 10 heteroatoms. The van der Waals surface area contributed by atoms with Gasteiger partial charge in [0.15, 0.2) is 11.0 Å². The van der Waals surface area contributed by atoms with Crippen molar-refractivity contribution in [2.24, 2.45) is 0 Å². The molecule has 0 radical (unpaired) electrons. The van der Waals surface area contributed by atoms with E-state index in [-0.39, 0.29) is 16.7 Å². The fraction of sp³-hybridized carbons (Fsp3) is 0.167. The quantitative estimate of drug-likeness (QED) is 0.511. The molecule has 0 aliphatic carbocycles. The summed E-state index contributed by atoms with van der Waals surface area (Å²) in [4.78, 5) is 11.8. The standard InChI is InChI=1S/C18H14Cl3FN4OS/c1-2-23-16(27)9-28-18-25-24-17(12-5-3-10(19)7-13(12)20)26(18)11-4-6-15(22)14(21)8-11/h3-8H,2,9H2,1H3,(H,23,27). The number of carbonyl (C=O) groups excluding carboxylic acids is 1. The van der Waals surface area contributed by atoms with Crippen LogP contribution in [0.15, 0.2) is 41.6 Å². The lowest BCUT2D eigenvalue weighted by Crippen LogP contribution is -2.24. The second-order valence-corrected chi connectivity index (χ2v) is 7.80. The predicted octanol–water partition coefficient (Wildman–Crippen LogP) is 5.26. The average Bonchev–Trinajstić information content (AvgIpc) is 3.06. The number of nitrogens with one attached hydrogen (secondary N) is 1. The summed E-state index contributed by atoms with van der Waals surface area (Å²) in [5, 5.41) is 12.4. The minimum atomic E-state index is -0.541. The number of rotatable bonds is 6. The zero-order valence-corrected chi connectivity index (χ0v) is 17.6. The lowest BCUT2D eigenvalue weighted by molar-refractivity contribution is -0.118. The molecular weight excluding hydrogens is 446 g/mol. The third-order valence-corrected chi connectivity index (χ3v) is 5.44. The minimum absolute atomic E-state index is 0.0426. The van der Waals surface area contributed by atoms with Crippen molar-refractivity contribution in [2.75, 3.05) is 12.3 Å². The number of halogens is 4. The Balaban J connectivity index is 2.09. The molecule has 1 heterocycles. The molecule has 2 aromatic carbocycles. The number of carbonyl (C=O) groups is 1. The number of aromatic nitrogens is 3. The highest BCUT2D eigenvalue weighted by Crippen LogP contribution is 2.34. The van der Waals surface area contributed by atoms with Crippen LogP contribution in [0.1, 0.15) is 6.92 Å². The molecule has 28 heavy (non-hydrogen) atoms. The summed E-state index contributed by atoms with van der Waals surface area (Å²) in [6.45, 7) is 2.37. The highest BCUT2D eigenvalue weighted by atomic mass is 35.5. The molecule has 0 saturated heterocycles. The second kappa shape index (κ2) is 9.13. The normalized spacial score (nSPS) is 10.9. The van der Waals surface area contributed by atoms with Crippen LogP contribution in [-0.4, -0.2) is 33.0 Å². The molecule has 0 atom stereocenters. The zero-order chi connectivity index (χ0) is 20.3. The van der Waals surface area contributed by atoms with Crippen molar-refractivity contribution in [3.05, 3.63) is 57.3 Å². The molecule has 3 rings (SSSR count). The number of hydrogen-bond acceptors (Lipinski definition) is 4. The van der Waals surface area contributed by atoms with Gasteiger partial charge in [0, 0.05) is 17.1 Å². The summed E-state index contributed by atoms with van der Waals surface area (Å²) >= 11 is 19.5. The van der Waals surface area contributed by atoms with Gasteiger partial charge in [-0.2, -0.15) is 0 Å². The SMILES string of the molecule is CCNC(=O)CSc1nnc(-c2ccc(Cl)cc2Cl)n1-c1ccc(F)c(Cl)c1. The van der Waals surface area contributed by atoms with E-state index in [1.54, 1.807) is 28.8 Å². The summed E-state index contributed by atoms with van der Waals surface area (Å²) in [6, 6.07) is 9.26. The largest absolute Gasteiger partial charge is 0.356 e. The van der Waals surface area contributed by atoms with Crippen molar-refractivity contribution < 1.29 is 9.18 Å². The molecule has 0 aliphatic rings. The fourth-order valence-electron chi connectivity index (χ4n) is 2.44. The number of benzene rings is 2. The van der Waals surface area contributed by atoms with Crippen LogP contribution < -0.4 is 5.32 Å². The summed E-state index contributed by atoms with van der Waals surface area (Å²) in [5.41, 5.74) is 1.12. The number of thioether (sulfide) groups is 1. The van der Waals surface area contributed by atoms with E-state index < -0.39 is 5.82 Å². The monoisotopic (exact) mass is 458 g/mol. The lowest BCUT2D eigenvalue weighted by Gasteiger charge is -2.12. The predicted molar refractivity (Wildman–Crippen MR) is 111 cm³/mol. The van der Waals surface area contributed by atoms with E-state index in [0.717, 1.165) is 0 Å². The van der Waals surface area contributed by atoms with E-state index in [0.29, 0.717) is 38.8 Å². The first-order valence-corrected chi connectivity index (χ1v) is 10.3. The molecule has 146 valence electrons. The maximum atomic E-state index is 13.6. The van der Waals surface area contributed by atoms with Crippen molar-refractivity contribution in [3.63, 3.8) is 0 Å². The first kappa shape index (κ1) is 20.9. The molecule has 3 aromatic rings. The Morgan fingerprint density at radius 1 is 1.14 bits per heavy atom. The molecular formula is C18H14Cl3FN4OS. The number of hydrogen-bond donors (Lipinski definition) is 1. The minimum Gasteiger partial charge on any atom is -0.356 e. The van der Waals surface area contributed by atoms with Crippen molar-refractivity contribution in [2.45, 2.75) is 12.1 Å². The summed E-state index contributed by atoms with van der Waals surface area (Å²) in [6.07, 6.45) is 0. The van der Waals surface area contributed by atoms with Crippen LogP contribution >= 0.6 is 46.6 Å². The molecule has 0 bridgehead atoms. The van der Waals surface area contributed by atoms with Crippen molar-refractivity contribution in [1.82, 2.24) is 20.1 Å². The lowest BCUT2D eigenvalue weighted by atomic mass is 10.2. The van der Waals surface area contributed by atoms with E-state index in [9.17, 15) is 9.18 Å². The van der Waals surface area contributed by atoms with Gasteiger partial charge in [-0.25, -0.2) is 4.39 Å². The molecule has 0 fully saturated rings. The average molecular weight is 460 g/mol. The van der Waals surface area contributed by atoms with E-state index in [1.807, 2.05) is 6.92 Å². The van der Waals surface area contributed by atoms with E-state index in [1.165, 1.54) is 23.9 Å². The van der Waals surface area contributed by atoms with Gasteiger partial charge in [0.25, 0.3) is 0 Å². The molecule has 0 aliphatic heterocycles. The first-order chi connectivity index (χ1) is 13.4. The van der Waals surface area contributed by atoms with E-state index >= 15 is 0 Å². The Morgan fingerprint density at radius 3 is 2.61 bits per heavy atom. The number of amides is 1. The van der Waals surface area contributed by atoms with Gasteiger partial charge in [-0.05, 0) is 43.3 Å². The van der Waals surface area contributed by atoms with Crippen LogP contribution in [0.4, 0.5) is 4.39 Å². The van der Waals surface area contributed by atoms with Gasteiger partial charge in [-0.3, -0.25) is 9.36 Å². The van der Waals surface area contributed by atoms with Gasteiger partial charge in [-0.15, -0.1) is 10.2 Å². The third kappa shape index (κ3) is 4.60. The topological polar surface area (TPSA) is 59.8 Å². The smallest absolute Gasteiger partial charge is 0.230 e. The van der Waals surface area contributed by atoms with Gasteiger partial charge < -0.3 is 5.32 Å². The highest BCUT2D eigenvalue weighted by Gasteiger charge is 2.20. The van der Waals surface area contributed by atoms with Crippen molar-refractivity contribution in [1.29, 1.82) is 0 Å². The molecule has 1 aromatic heterocycles. The third-order valence-electron chi connectivity index (χ3n) is 3.67. The van der Waals surface area contributed by atoms with Gasteiger partial charge in [0.1, 0.15) is 5.82 Å². The molecule has 1 N–H and O–H groups in total. The zero-order valence-electron chi connectivity index (χ0n) is 14.5. The van der Waals surface area contributed by atoms with E-state index in [4.69, 9.17) is 34.8 Å². The Morgan fingerprint density at radius 2 is 1.93 bits per heavy atom. The Hall–Kier alpha value is -1.80. The molecule has 0 saturated carbocycles. The summed E-state index contributed by atoms with van der Waals surface area (Å²) in [5.74, 6) is -0.107. The maximum Gasteiger partial charge on any atom is 0.230 e. The molecule has 0 spiro atoms. The highest BCUT2D eigenvalue weighted by molar-refractivity contribution is 7.99. The number of nitrogens with zero attached hydrogens (tertiary/aromatic N) is 3. The Labute approximate surface area is 180 Å². The molecule has 0 unspecified atom stereocenters. The maximum absolute atomic E-state index is 13.6. The summed E-state index contributed by atoms with van der Waals surface area (Å²) in [7, 11) is 0. The van der Waals surface area contributed by atoms with Crippen LogP contribution in [0.3, 0.4) is 0 Å². The van der Waals surface area contributed by atoms with Gasteiger partial charge in [0.05, 0.1) is 21.5 Å². The van der Waals surface area contributed by atoms with Gasteiger partial charge in [0.2, 0.25) is 5.91 Å². The first-order valence-electron chi connectivity index (χ1n) is 8.16. The molecule has 5 nitrogen and oxygen atoms in total. The van der Waals surface area contributed by atoms with Crippen LogP contribution in [-0.2, 0) is 4.79 Å². The summed E-state index contributed by atoms with van der Waals surface area (Å²) < 4.78 is 15.3. The Bertz CT molecular complexity index is 1030. The van der Waals surface area contributed by atoms with Crippen LogP contribution in [0.25, 0.3) is 17.1 Å². The van der Waals surface area contributed by atoms with Gasteiger partial charge in [-0.1, -0.05) is 46.6 Å². The van der Waals surface area contributed by atoms with Crippen molar-refractivity contribution in [3.8, 4) is 17.1 Å². The van der Waals surface area contributed by atoms with Gasteiger partial charge >= 0.3 is 0 Å². The fourth-order valence-corrected chi connectivity index (χ4v) is 3.89. The van der Waals surface area contributed by atoms with Crippen LogP contribution in [0.2, 0.25) is 15.1 Å². The van der Waals surface area contributed by atoms with E-state index in [2.05, 4.69) is 15.5 Å². The Kier molecular flexibility index (Phi) is 6.82.